The van der Waals surface area contributed by atoms with E-state index in [1.54, 1.807) is 0 Å². The first-order valence-electron chi connectivity index (χ1n) is 6.60. The zero-order valence-corrected chi connectivity index (χ0v) is 13.7. The van der Waals surface area contributed by atoms with Crippen molar-refractivity contribution in [3.05, 3.63) is 34.4 Å². The normalized spacial score (nSPS) is 19.2. The Bertz CT molecular complexity index is 520. The number of rotatable bonds is 4. The molecule has 1 aromatic carbocycles. The second-order valence-electron chi connectivity index (χ2n) is 6.06. The van der Waals surface area contributed by atoms with E-state index in [1.807, 2.05) is 20.8 Å². The quantitative estimate of drug-likeness (QED) is 0.677. The lowest BCUT2D eigenvalue weighted by atomic mass is 9.92. The molecule has 0 saturated carbocycles. The van der Waals surface area contributed by atoms with Crippen LogP contribution >= 0.6 is 11.6 Å². The zero-order chi connectivity index (χ0) is 15.8. The fraction of sp³-hybridized carbons (Fsp3) is 0.571. The van der Waals surface area contributed by atoms with Crippen molar-refractivity contribution in [2.24, 2.45) is 5.92 Å². The van der Waals surface area contributed by atoms with Gasteiger partial charge in [-0.05, 0) is 32.9 Å². The number of hydrogen-bond donors (Lipinski definition) is 1. The predicted octanol–water partition coefficient (Wildman–Crippen LogP) is 3.36. The van der Waals surface area contributed by atoms with Gasteiger partial charge < -0.3 is 9.29 Å². The van der Waals surface area contributed by atoms with Gasteiger partial charge in [0.15, 0.2) is 0 Å². The lowest BCUT2D eigenvalue weighted by molar-refractivity contribution is -0.0473. The third kappa shape index (κ3) is 3.87. The van der Waals surface area contributed by atoms with Crippen molar-refractivity contribution in [3.8, 4) is 0 Å². The topological polar surface area (TPSA) is 44.3 Å². The summed E-state index contributed by atoms with van der Waals surface area (Å²) in [5.41, 5.74) is 0.128. The SMILES string of the molecule is CC(C)(C)[S@+]([O-])NC(c1cc(F)c(Cl)cc1F)C1COC1. The summed E-state index contributed by atoms with van der Waals surface area (Å²) in [5, 5.41) is -0.267. The number of halogens is 3. The molecule has 118 valence electrons. The summed E-state index contributed by atoms with van der Waals surface area (Å²) in [6, 6.07) is 1.43. The maximum Gasteiger partial charge on any atom is 0.142 e. The van der Waals surface area contributed by atoms with Crippen LogP contribution in [0, 0.1) is 17.6 Å². The second-order valence-corrected chi connectivity index (χ2v) is 8.47. The fourth-order valence-electron chi connectivity index (χ4n) is 1.93. The van der Waals surface area contributed by atoms with Crippen molar-refractivity contribution in [1.82, 2.24) is 4.72 Å². The van der Waals surface area contributed by atoms with E-state index >= 15 is 0 Å². The molecule has 0 amide bonds. The predicted molar refractivity (Wildman–Crippen MR) is 79.4 cm³/mol. The van der Waals surface area contributed by atoms with E-state index < -0.39 is 33.8 Å². The van der Waals surface area contributed by atoms with Gasteiger partial charge in [0, 0.05) is 22.8 Å². The monoisotopic (exact) mass is 337 g/mol. The third-order valence-corrected chi connectivity index (χ3v) is 5.17. The Balaban J connectivity index is 2.30. The third-order valence-electron chi connectivity index (χ3n) is 3.30. The molecule has 1 fully saturated rings. The van der Waals surface area contributed by atoms with Gasteiger partial charge in [0.05, 0.1) is 24.3 Å². The number of hydrogen-bond acceptors (Lipinski definition) is 3. The first kappa shape index (κ1) is 17.0. The Morgan fingerprint density at radius 1 is 1.33 bits per heavy atom. The lowest BCUT2D eigenvalue weighted by Gasteiger charge is -2.36. The molecule has 0 aromatic heterocycles. The Morgan fingerprint density at radius 3 is 2.43 bits per heavy atom. The summed E-state index contributed by atoms with van der Waals surface area (Å²) in [4.78, 5) is 0. The maximum absolute atomic E-state index is 14.1. The largest absolute Gasteiger partial charge is 0.598 e. The van der Waals surface area contributed by atoms with E-state index in [9.17, 15) is 13.3 Å². The van der Waals surface area contributed by atoms with Crippen molar-refractivity contribution in [3.63, 3.8) is 0 Å². The molecule has 1 aliphatic heterocycles. The van der Waals surface area contributed by atoms with Crippen molar-refractivity contribution < 1.29 is 18.1 Å². The zero-order valence-electron chi connectivity index (χ0n) is 12.1. The molecule has 0 radical (unpaired) electrons. The molecule has 3 nitrogen and oxygen atoms in total. The van der Waals surface area contributed by atoms with Gasteiger partial charge in [-0.25, -0.2) is 8.78 Å². The van der Waals surface area contributed by atoms with E-state index in [-0.39, 0.29) is 16.5 Å². The Kier molecular flexibility index (Phi) is 5.15. The molecule has 1 unspecified atom stereocenters. The number of nitrogens with one attached hydrogen (secondary N) is 1. The van der Waals surface area contributed by atoms with E-state index in [4.69, 9.17) is 16.3 Å². The Hall–Kier alpha value is -0.400. The van der Waals surface area contributed by atoms with Crippen LogP contribution in [0.25, 0.3) is 0 Å². The molecule has 7 heteroatoms. The highest BCUT2D eigenvalue weighted by atomic mass is 35.5. The lowest BCUT2D eigenvalue weighted by Crippen LogP contribution is -2.47. The molecule has 1 saturated heterocycles. The Morgan fingerprint density at radius 2 is 1.95 bits per heavy atom. The van der Waals surface area contributed by atoms with Crippen LogP contribution < -0.4 is 4.72 Å². The minimum absolute atomic E-state index is 0.0497. The minimum Gasteiger partial charge on any atom is -0.598 e. The van der Waals surface area contributed by atoms with E-state index in [0.717, 1.165) is 12.1 Å². The van der Waals surface area contributed by atoms with E-state index in [2.05, 4.69) is 4.72 Å². The summed E-state index contributed by atoms with van der Waals surface area (Å²) in [6.07, 6.45) is 0. The molecule has 1 aromatic rings. The molecule has 1 N–H and O–H groups in total. The summed E-state index contributed by atoms with van der Waals surface area (Å²) < 4.78 is 47.5. The molecular formula is C14H18ClF2NO2S. The van der Waals surface area contributed by atoms with E-state index in [1.165, 1.54) is 0 Å². The summed E-state index contributed by atoms with van der Waals surface area (Å²) >= 11 is 4.17. The molecule has 1 aliphatic rings. The van der Waals surface area contributed by atoms with Crippen LogP contribution in [0.15, 0.2) is 12.1 Å². The van der Waals surface area contributed by atoms with Crippen LogP contribution in [0.3, 0.4) is 0 Å². The van der Waals surface area contributed by atoms with Gasteiger partial charge >= 0.3 is 0 Å². The van der Waals surface area contributed by atoms with Crippen LogP contribution in [0.5, 0.6) is 0 Å². The molecule has 21 heavy (non-hydrogen) atoms. The number of benzene rings is 1. The van der Waals surface area contributed by atoms with E-state index in [0.29, 0.717) is 13.2 Å². The highest BCUT2D eigenvalue weighted by Crippen LogP contribution is 2.33. The summed E-state index contributed by atoms with van der Waals surface area (Å²) in [6.45, 7) is 6.27. The van der Waals surface area contributed by atoms with Crippen molar-refractivity contribution >= 4 is 23.0 Å². The average molecular weight is 338 g/mol. The summed E-state index contributed by atoms with van der Waals surface area (Å²) in [5.74, 6) is -1.36. The molecule has 1 heterocycles. The molecular weight excluding hydrogens is 320 g/mol. The molecule has 0 bridgehead atoms. The second kappa shape index (κ2) is 6.38. The molecule has 2 rings (SSSR count). The Labute approximate surface area is 131 Å². The van der Waals surface area contributed by atoms with Gasteiger partial charge in [-0.15, -0.1) is 4.72 Å². The first-order valence-corrected chi connectivity index (χ1v) is 8.13. The highest BCUT2D eigenvalue weighted by molar-refractivity contribution is 7.90. The van der Waals surface area contributed by atoms with Gasteiger partial charge in [0.25, 0.3) is 0 Å². The van der Waals surface area contributed by atoms with Gasteiger partial charge in [0.1, 0.15) is 16.4 Å². The van der Waals surface area contributed by atoms with Gasteiger partial charge in [-0.3, -0.25) is 0 Å². The fourth-order valence-corrected chi connectivity index (χ4v) is 2.98. The van der Waals surface area contributed by atoms with Crippen LogP contribution in [0.4, 0.5) is 8.78 Å². The molecule has 0 spiro atoms. The first-order chi connectivity index (χ1) is 9.70. The number of ether oxygens (including phenoxy) is 1. The van der Waals surface area contributed by atoms with Crippen LogP contribution in [-0.4, -0.2) is 22.5 Å². The van der Waals surface area contributed by atoms with Crippen LogP contribution in [-0.2, 0) is 16.1 Å². The van der Waals surface area contributed by atoms with Crippen molar-refractivity contribution in [2.75, 3.05) is 13.2 Å². The van der Waals surface area contributed by atoms with Crippen LogP contribution in [0.2, 0.25) is 5.02 Å². The van der Waals surface area contributed by atoms with Gasteiger partial charge in [0.2, 0.25) is 0 Å². The van der Waals surface area contributed by atoms with Crippen molar-refractivity contribution in [1.29, 1.82) is 0 Å². The minimum atomic E-state index is -1.40. The van der Waals surface area contributed by atoms with Gasteiger partial charge in [-0.1, -0.05) is 11.6 Å². The standard InChI is InChI=1S/C14H18ClF2NO2S/c1-14(2,3)21(19)18-13(8-6-20-7-8)9-4-12(17)10(15)5-11(9)16/h4-5,8,13,18H,6-7H2,1-3H3/t13?,21-/m0/s1. The molecule has 2 atom stereocenters. The van der Waals surface area contributed by atoms with Crippen molar-refractivity contribution in [2.45, 2.75) is 31.6 Å². The molecule has 0 aliphatic carbocycles. The van der Waals surface area contributed by atoms with Gasteiger partial charge in [-0.2, -0.15) is 0 Å². The smallest absolute Gasteiger partial charge is 0.142 e. The average Bonchev–Trinajstić information content (AvgIpc) is 2.29. The summed E-state index contributed by atoms with van der Waals surface area (Å²) in [7, 11) is 0. The van der Waals surface area contributed by atoms with Crippen LogP contribution in [0.1, 0.15) is 32.4 Å². The highest BCUT2D eigenvalue weighted by Gasteiger charge is 2.38. The maximum atomic E-state index is 14.1.